The van der Waals surface area contributed by atoms with Gasteiger partial charge in [0.15, 0.2) is 5.96 Å². The quantitative estimate of drug-likeness (QED) is 0.188. The summed E-state index contributed by atoms with van der Waals surface area (Å²) in [6.07, 6.45) is 7.70. The molecular weight excluding hydrogens is 429 g/mol. The molecule has 144 valence electrons. The zero-order valence-corrected chi connectivity index (χ0v) is 17.8. The standard InChI is InChI=1S/C18H33N5O.HI/c1-2-19-18(21-10-9-20-17(24)15-5-6-15)22-11-12-23(16-7-8-16)13-14-3-4-14;/h14-16H,2-13H2,1H3,(H,20,24)(H2,19,21,22);1H. The van der Waals surface area contributed by atoms with Crippen LogP contribution in [0.5, 0.6) is 0 Å². The highest BCUT2D eigenvalue weighted by molar-refractivity contribution is 14.0. The maximum atomic E-state index is 11.6. The third-order valence-electron chi connectivity index (χ3n) is 4.92. The van der Waals surface area contributed by atoms with E-state index >= 15 is 0 Å². The van der Waals surface area contributed by atoms with E-state index in [9.17, 15) is 4.79 Å². The first-order valence-electron chi connectivity index (χ1n) is 9.80. The fraction of sp³-hybridized carbons (Fsp3) is 0.889. The smallest absolute Gasteiger partial charge is 0.223 e. The lowest BCUT2D eigenvalue weighted by Crippen LogP contribution is -2.42. The van der Waals surface area contributed by atoms with Crippen LogP contribution in [0.4, 0.5) is 0 Å². The van der Waals surface area contributed by atoms with Crippen LogP contribution in [0.3, 0.4) is 0 Å². The second-order valence-corrected chi connectivity index (χ2v) is 7.42. The number of nitrogens with zero attached hydrogens (tertiary/aromatic N) is 2. The Hall–Kier alpha value is -0.570. The molecule has 0 aromatic rings. The minimum atomic E-state index is 0. The normalized spacial score (nSPS) is 20.2. The lowest BCUT2D eigenvalue weighted by molar-refractivity contribution is -0.122. The van der Waals surface area contributed by atoms with Crippen molar-refractivity contribution in [1.82, 2.24) is 20.9 Å². The van der Waals surface area contributed by atoms with Gasteiger partial charge in [0.25, 0.3) is 0 Å². The molecule has 0 aliphatic heterocycles. The minimum absolute atomic E-state index is 0. The lowest BCUT2D eigenvalue weighted by Gasteiger charge is -2.21. The molecular formula is C18H34IN5O. The van der Waals surface area contributed by atoms with E-state index in [1.807, 2.05) is 0 Å². The van der Waals surface area contributed by atoms with Crippen molar-refractivity contribution in [3.8, 4) is 0 Å². The molecule has 0 heterocycles. The van der Waals surface area contributed by atoms with Gasteiger partial charge in [-0.3, -0.25) is 14.7 Å². The lowest BCUT2D eigenvalue weighted by atomic mass is 10.3. The molecule has 3 fully saturated rings. The van der Waals surface area contributed by atoms with E-state index in [1.54, 1.807) is 0 Å². The number of carbonyl (C=O) groups is 1. The van der Waals surface area contributed by atoms with Crippen molar-refractivity contribution in [2.45, 2.75) is 51.5 Å². The van der Waals surface area contributed by atoms with Gasteiger partial charge in [0, 0.05) is 44.7 Å². The molecule has 0 aromatic heterocycles. The highest BCUT2D eigenvalue weighted by atomic mass is 127. The molecule has 0 unspecified atom stereocenters. The first-order valence-corrected chi connectivity index (χ1v) is 9.80. The Bertz CT molecular complexity index is 447. The van der Waals surface area contributed by atoms with Gasteiger partial charge in [-0.2, -0.15) is 0 Å². The summed E-state index contributed by atoms with van der Waals surface area (Å²) in [5.74, 6) is 2.31. The molecule has 3 aliphatic carbocycles. The van der Waals surface area contributed by atoms with Gasteiger partial charge >= 0.3 is 0 Å². The van der Waals surface area contributed by atoms with Gasteiger partial charge < -0.3 is 16.0 Å². The van der Waals surface area contributed by atoms with Gasteiger partial charge in [-0.15, -0.1) is 24.0 Å². The van der Waals surface area contributed by atoms with Gasteiger partial charge in [-0.1, -0.05) is 0 Å². The van der Waals surface area contributed by atoms with Crippen LogP contribution in [-0.4, -0.2) is 62.1 Å². The van der Waals surface area contributed by atoms with Crippen LogP contribution in [0.2, 0.25) is 0 Å². The fourth-order valence-corrected chi connectivity index (χ4v) is 2.98. The summed E-state index contributed by atoms with van der Waals surface area (Å²) in [6, 6.07) is 0.828. The van der Waals surface area contributed by atoms with Gasteiger partial charge in [0.05, 0.1) is 6.54 Å². The maximum absolute atomic E-state index is 11.6. The Balaban J connectivity index is 0.00000225. The summed E-state index contributed by atoms with van der Waals surface area (Å²) >= 11 is 0. The van der Waals surface area contributed by atoms with Crippen LogP contribution in [0, 0.1) is 11.8 Å². The number of hydrogen-bond acceptors (Lipinski definition) is 3. The van der Waals surface area contributed by atoms with E-state index in [1.165, 1.54) is 32.2 Å². The number of amides is 1. The molecule has 3 saturated carbocycles. The minimum Gasteiger partial charge on any atom is -0.357 e. The zero-order chi connectivity index (χ0) is 16.8. The third-order valence-corrected chi connectivity index (χ3v) is 4.92. The van der Waals surface area contributed by atoms with Crippen LogP contribution in [-0.2, 0) is 4.79 Å². The highest BCUT2D eigenvalue weighted by Crippen LogP contribution is 2.34. The number of guanidine groups is 1. The SMILES string of the molecule is CCNC(=NCCN(CC1CC1)C1CC1)NCCNC(=O)C1CC1.I. The summed E-state index contributed by atoms with van der Waals surface area (Å²) in [7, 11) is 0. The predicted molar refractivity (Wildman–Crippen MR) is 112 cm³/mol. The number of carbonyl (C=O) groups excluding carboxylic acids is 1. The van der Waals surface area contributed by atoms with Crippen molar-refractivity contribution in [2.75, 3.05) is 39.3 Å². The second kappa shape index (κ2) is 10.5. The van der Waals surface area contributed by atoms with Crippen LogP contribution in [0.15, 0.2) is 4.99 Å². The number of nitrogens with one attached hydrogen (secondary N) is 3. The number of hydrogen-bond donors (Lipinski definition) is 3. The molecule has 0 radical (unpaired) electrons. The second-order valence-electron chi connectivity index (χ2n) is 7.42. The van der Waals surface area contributed by atoms with Crippen molar-refractivity contribution in [1.29, 1.82) is 0 Å². The van der Waals surface area contributed by atoms with Crippen LogP contribution < -0.4 is 16.0 Å². The predicted octanol–water partition coefficient (Wildman–Crippen LogP) is 1.56. The van der Waals surface area contributed by atoms with E-state index in [-0.39, 0.29) is 35.8 Å². The van der Waals surface area contributed by atoms with Crippen molar-refractivity contribution >= 4 is 35.8 Å². The molecule has 6 nitrogen and oxygen atoms in total. The average molecular weight is 463 g/mol. The highest BCUT2D eigenvalue weighted by Gasteiger charge is 2.33. The first kappa shape index (κ1) is 20.7. The van der Waals surface area contributed by atoms with Crippen LogP contribution >= 0.6 is 24.0 Å². The fourth-order valence-electron chi connectivity index (χ4n) is 2.98. The van der Waals surface area contributed by atoms with E-state index in [4.69, 9.17) is 4.99 Å². The monoisotopic (exact) mass is 463 g/mol. The number of aliphatic imine (C=N–C) groups is 1. The van der Waals surface area contributed by atoms with E-state index < -0.39 is 0 Å². The molecule has 3 rings (SSSR count). The van der Waals surface area contributed by atoms with Gasteiger partial charge in [-0.25, -0.2) is 0 Å². The van der Waals surface area contributed by atoms with Crippen molar-refractivity contribution < 1.29 is 4.79 Å². The van der Waals surface area contributed by atoms with E-state index in [2.05, 4.69) is 27.8 Å². The van der Waals surface area contributed by atoms with Crippen LogP contribution in [0.25, 0.3) is 0 Å². The Morgan fingerprint density at radius 3 is 2.36 bits per heavy atom. The summed E-state index contributed by atoms with van der Waals surface area (Å²) in [6.45, 7) is 7.50. The topological polar surface area (TPSA) is 68.8 Å². The molecule has 3 aliphatic rings. The molecule has 7 heteroatoms. The molecule has 25 heavy (non-hydrogen) atoms. The summed E-state index contributed by atoms with van der Waals surface area (Å²) in [5.41, 5.74) is 0. The Kier molecular flexibility index (Phi) is 8.75. The molecule has 3 N–H and O–H groups in total. The molecule has 0 atom stereocenters. The Morgan fingerprint density at radius 2 is 1.76 bits per heavy atom. The van der Waals surface area contributed by atoms with Crippen molar-refractivity contribution in [3.63, 3.8) is 0 Å². The largest absolute Gasteiger partial charge is 0.357 e. The molecule has 0 spiro atoms. The average Bonchev–Trinajstić information content (AvgIpc) is 3.40. The Labute approximate surface area is 169 Å². The van der Waals surface area contributed by atoms with Crippen LogP contribution in [0.1, 0.15) is 45.4 Å². The first-order chi connectivity index (χ1) is 11.8. The summed E-state index contributed by atoms with van der Waals surface area (Å²) in [4.78, 5) is 18.9. The number of halogens is 1. The third kappa shape index (κ3) is 8.11. The maximum Gasteiger partial charge on any atom is 0.223 e. The molecule has 0 bridgehead atoms. The number of rotatable bonds is 11. The molecule has 0 saturated heterocycles. The Morgan fingerprint density at radius 1 is 1.04 bits per heavy atom. The molecule has 1 amide bonds. The summed E-state index contributed by atoms with van der Waals surface area (Å²) < 4.78 is 0. The van der Waals surface area contributed by atoms with Crippen molar-refractivity contribution in [2.24, 2.45) is 16.8 Å². The van der Waals surface area contributed by atoms with Gasteiger partial charge in [0.2, 0.25) is 5.91 Å². The summed E-state index contributed by atoms with van der Waals surface area (Å²) in [5, 5.41) is 9.57. The molecule has 0 aromatic carbocycles. The van der Waals surface area contributed by atoms with Gasteiger partial charge in [-0.05, 0) is 51.4 Å². The van der Waals surface area contributed by atoms with Crippen molar-refractivity contribution in [3.05, 3.63) is 0 Å². The van der Waals surface area contributed by atoms with E-state index in [0.717, 1.165) is 56.9 Å². The zero-order valence-electron chi connectivity index (χ0n) is 15.4. The van der Waals surface area contributed by atoms with E-state index in [0.29, 0.717) is 6.54 Å². The van der Waals surface area contributed by atoms with Gasteiger partial charge in [0.1, 0.15) is 0 Å².